The van der Waals surface area contributed by atoms with Crippen LogP contribution < -0.4 is 14.8 Å². The van der Waals surface area contributed by atoms with E-state index in [0.717, 1.165) is 5.56 Å². The average molecular weight is 475 g/mol. The Morgan fingerprint density at radius 2 is 1.56 bits per heavy atom. The van der Waals surface area contributed by atoms with Crippen molar-refractivity contribution in [3.63, 3.8) is 0 Å². The van der Waals surface area contributed by atoms with Crippen molar-refractivity contribution in [2.45, 2.75) is 18.7 Å². The van der Waals surface area contributed by atoms with Crippen LogP contribution in [-0.4, -0.2) is 24.3 Å². The third kappa shape index (κ3) is 5.38. The van der Waals surface area contributed by atoms with Crippen LogP contribution in [0.15, 0.2) is 90.1 Å². The van der Waals surface area contributed by atoms with Gasteiger partial charge >= 0.3 is 6.01 Å². The predicted octanol–water partition coefficient (Wildman–Crippen LogP) is 4.94. The minimum Gasteiger partial charge on any atom is -0.424 e. The van der Waals surface area contributed by atoms with Crippen LogP contribution in [0, 0.1) is 13.8 Å². The minimum absolute atomic E-state index is 0.00175. The number of aromatic nitrogens is 2. The van der Waals surface area contributed by atoms with Crippen molar-refractivity contribution in [3.05, 3.63) is 102 Å². The summed E-state index contributed by atoms with van der Waals surface area (Å²) in [6.45, 7) is 3.56. The first-order chi connectivity index (χ1) is 16.3. The minimum atomic E-state index is -3.88. The van der Waals surface area contributed by atoms with E-state index in [9.17, 15) is 13.2 Å². The number of carbonyl (C=O) groups is 1. The zero-order valence-electron chi connectivity index (χ0n) is 18.5. The van der Waals surface area contributed by atoms with Gasteiger partial charge in [0.1, 0.15) is 5.75 Å². The standard InChI is InChI=1S/C25H22N4O4S/c1-17-8-13-21(34(31,32)29-23-7-4-3-6-18(23)2)16-22(17)24(30)28-19-9-11-20(12-10-19)33-25-26-14-5-15-27-25/h3-16,29H,1-2H3,(H,28,30). The first-order valence-corrected chi connectivity index (χ1v) is 11.9. The van der Waals surface area contributed by atoms with Crippen LogP contribution in [-0.2, 0) is 10.0 Å². The molecule has 1 heterocycles. The van der Waals surface area contributed by atoms with E-state index in [0.29, 0.717) is 22.7 Å². The van der Waals surface area contributed by atoms with Gasteiger partial charge in [-0.2, -0.15) is 0 Å². The van der Waals surface area contributed by atoms with Crippen LogP contribution in [0.1, 0.15) is 21.5 Å². The molecule has 0 aliphatic rings. The Balaban J connectivity index is 1.50. The zero-order valence-corrected chi connectivity index (χ0v) is 19.3. The van der Waals surface area contributed by atoms with Crippen LogP contribution in [0.3, 0.4) is 0 Å². The normalized spacial score (nSPS) is 11.0. The Hall–Kier alpha value is -4.24. The van der Waals surface area contributed by atoms with E-state index in [1.165, 1.54) is 12.1 Å². The maximum absolute atomic E-state index is 12.9. The molecular weight excluding hydrogens is 452 g/mol. The number of nitrogens with one attached hydrogen (secondary N) is 2. The molecule has 2 N–H and O–H groups in total. The number of anilines is 2. The van der Waals surface area contributed by atoms with Gasteiger partial charge in [-0.3, -0.25) is 9.52 Å². The number of rotatable bonds is 7. The van der Waals surface area contributed by atoms with E-state index < -0.39 is 15.9 Å². The number of amides is 1. The van der Waals surface area contributed by atoms with Gasteiger partial charge in [0.25, 0.3) is 15.9 Å². The van der Waals surface area contributed by atoms with Crippen LogP contribution >= 0.6 is 0 Å². The molecule has 34 heavy (non-hydrogen) atoms. The number of hydrogen-bond acceptors (Lipinski definition) is 6. The van der Waals surface area contributed by atoms with Gasteiger partial charge in [-0.25, -0.2) is 18.4 Å². The van der Waals surface area contributed by atoms with Crippen molar-refractivity contribution < 1.29 is 17.9 Å². The first-order valence-electron chi connectivity index (χ1n) is 10.4. The molecule has 0 atom stereocenters. The summed E-state index contributed by atoms with van der Waals surface area (Å²) >= 11 is 0. The lowest BCUT2D eigenvalue weighted by molar-refractivity contribution is 0.102. The summed E-state index contributed by atoms with van der Waals surface area (Å²) in [6, 6.07) is 20.1. The van der Waals surface area contributed by atoms with E-state index in [-0.39, 0.29) is 16.5 Å². The fourth-order valence-electron chi connectivity index (χ4n) is 3.15. The molecular formula is C25H22N4O4S. The highest BCUT2D eigenvalue weighted by atomic mass is 32.2. The number of para-hydroxylation sites is 1. The molecule has 1 amide bonds. The molecule has 0 aliphatic carbocycles. The van der Waals surface area contributed by atoms with Gasteiger partial charge in [-0.1, -0.05) is 24.3 Å². The predicted molar refractivity (Wildman–Crippen MR) is 130 cm³/mol. The lowest BCUT2D eigenvalue weighted by atomic mass is 10.1. The summed E-state index contributed by atoms with van der Waals surface area (Å²) in [5, 5.41) is 2.79. The summed E-state index contributed by atoms with van der Waals surface area (Å²) in [5.41, 5.74) is 2.70. The van der Waals surface area contributed by atoms with E-state index in [2.05, 4.69) is 20.0 Å². The summed E-state index contributed by atoms with van der Waals surface area (Å²) in [4.78, 5) is 20.9. The lowest BCUT2D eigenvalue weighted by Gasteiger charge is -2.13. The molecule has 0 bridgehead atoms. The molecule has 0 radical (unpaired) electrons. The highest BCUT2D eigenvalue weighted by Gasteiger charge is 2.19. The third-order valence-electron chi connectivity index (χ3n) is 5.02. The highest BCUT2D eigenvalue weighted by Crippen LogP contribution is 2.23. The Morgan fingerprint density at radius 1 is 0.853 bits per heavy atom. The van der Waals surface area contributed by atoms with Crippen LogP contribution in [0.5, 0.6) is 11.8 Å². The topological polar surface area (TPSA) is 110 Å². The van der Waals surface area contributed by atoms with Crippen molar-refractivity contribution in [2.24, 2.45) is 0 Å². The number of aryl methyl sites for hydroxylation is 2. The van der Waals surface area contributed by atoms with Crippen LogP contribution in [0.4, 0.5) is 11.4 Å². The molecule has 4 rings (SSSR count). The zero-order chi connectivity index (χ0) is 24.1. The quantitative estimate of drug-likeness (QED) is 0.393. The fraction of sp³-hybridized carbons (Fsp3) is 0.0800. The molecule has 0 spiro atoms. The molecule has 3 aromatic carbocycles. The second-order valence-electron chi connectivity index (χ2n) is 7.51. The fourth-order valence-corrected chi connectivity index (χ4v) is 4.31. The van der Waals surface area contributed by atoms with Crippen molar-refractivity contribution >= 4 is 27.3 Å². The molecule has 8 nitrogen and oxygen atoms in total. The number of sulfonamides is 1. The summed E-state index contributed by atoms with van der Waals surface area (Å²) in [6.07, 6.45) is 3.15. The molecule has 0 aliphatic heterocycles. The summed E-state index contributed by atoms with van der Waals surface area (Å²) < 4.78 is 34.0. The molecule has 9 heteroatoms. The smallest absolute Gasteiger partial charge is 0.321 e. The highest BCUT2D eigenvalue weighted by molar-refractivity contribution is 7.92. The molecule has 1 aromatic heterocycles. The Labute approximate surface area is 197 Å². The molecule has 0 unspecified atom stereocenters. The van der Waals surface area contributed by atoms with Crippen LogP contribution in [0.25, 0.3) is 0 Å². The van der Waals surface area contributed by atoms with Gasteiger partial charge in [0.05, 0.1) is 10.6 Å². The number of carbonyl (C=O) groups excluding carboxylic acids is 1. The average Bonchev–Trinajstić information content (AvgIpc) is 2.82. The third-order valence-corrected chi connectivity index (χ3v) is 6.38. The number of benzene rings is 3. The van der Waals surface area contributed by atoms with E-state index in [1.807, 2.05) is 19.1 Å². The lowest BCUT2D eigenvalue weighted by Crippen LogP contribution is -2.17. The van der Waals surface area contributed by atoms with Crippen molar-refractivity contribution in [2.75, 3.05) is 10.0 Å². The molecule has 0 fully saturated rings. The van der Waals surface area contributed by atoms with Crippen LogP contribution in [0.2, 0.25) is 0 Å². The number of hydrogen-bond donors (Lipinski definition) is 2. The van der Waals surface area contributed by atoms with Gasteiger partial charge < -0.3 is 10.1 Å². The van der Waals surface area contributed by atoms with Crippen molar-refractivity contribution in [3.8, 4) is 11.8 Å². The number of nitrogens with zero attached hydrogens (tertiary/aromatic N) is 2. The Morgan fingerprint density at radius 3 is 2.26 bits per heavy atom. The summed E-state index contributed by atoms with van der Waals surface area (Å²) in [7, 11) is -3.88. The van der Waals surface area contributed by atoms with Gasteiger partial charge in [0, 0.05) is 23.6 Å². The first kappa shape index (κ1) is 22.9. The molecule has 4 aromatic rings. The Bertz CT molecular complexity index is 1420. The number of ether oxygens (including phenoxy) is 1. The monoisotopic (exact) mass is 474 g/mol. The Kier molecular flexibility index (Phi) is 6.55. The van der Waals surface area contributed by atoms with E-state index in [4.69, 9.17) is 4.74 Å². The maximum Gasteiger partial charge on any atom is 0.321 e. The van der Waals surface area contributed by atoms with Gasteiger partial charge in [0.2, 0.25) is 0 Å². The summed E-state index contributed by atoms with van der Waals surface area (Å²) in [5.74, 6) is 0.0845. The van der Waals surface area contributed by atoms with Crippen molar-refractivity contribution in [1.29, 1.82) is 0 Å². The van der Waals surface area contributed by atoms with E-state index in [1.54, 1.807) is 67.8 Å². The largest absolute Gasteiger partial charge is 0.424 e. The molecule has 0 saturated heterocycles. The maximum atomic E-state index is 12.9. The second kappa shape index (κ2) is 9.72. The van der Waals surface area contributed by atoms with Gasteiger partial charge in [-0.05, 0) is 73.5 Å². The van der Waals surface area contributed by atoms with E-state index >= 15 is 0 Å². The van der Waals surface area contributed by atoms with Gasteiger partial charge in [-0.15, -0.1) is 0 Å². The second-order valence-corrected chi connectivity index (χ2v) is 9.19. The molecule has 172 valence electrons. The van der Waals surface area contributed by atoms with Crippen molar-refractivity contribution in [1.82, 2.24) is 9.97 Å². The van der Waals surface area contributed by atoms with Gasteiger partial charge in [0.15, 0.2) is 0 Å². The SMILES string of the molecule is Cc1ccccc1NS(=O)(=O)c1ccc(C)c(C(=O)Nc2ccc(Oc3ncccn3)cc2)c1. The molecule has 0 saturated carbocycles.